The number of ether oxygens (including phenoxy) is 1. The second-order valence-electron chi connectivity index (χ2n) is 8.34. The van der Waals surface area contributed by atoms with Gasteiger partial charge in [0, 0.05) is 18.1 Å². The molecule has 0 aliphatic carbocycles. The zero-order valence-electron chi connectivity index (χ0n) is 22.0. The van der Waals surface area contributed by atoms with Crippen molar-refractivity contribution in [1.82, 2.24) is 21.3 Å². The van der Waals surface area contributed by atoms with Gasteiger partial charge in [0.2, 0.25) is 24.1 Å². The van der Waals surface area contributed by atoms with Crippen LogP contribution in [0, 0.1) is 0 Å². The van der Waals surface area contributed by atoms with Gasteiger partial charge in [-0.2, -0.15) is 0 Å². The number of rotatable bonds is 22. The minimum Gasteiger partial charge on any atom is -0.481 e. The van der Waals surface area contributed by atoms with Gasteiger partial charge in [-0.15, -0.1) is 0 Å². The highest BCUT2D eigenvalue weighted by atomic mass is 33.1. The van der Waals surface area contributed by atoms with Crippen molar-refractivity contribution < 1.29 is 58.4 Å². The fraction of sp³-hybridized carbons (Fsp3) is 0.417. The summed E-state index contributed by atoms with van der Waals surface area (Å²) in [6.07, 6.45) is -1.58. The number of hydrogen-bond donors (Lipinski definition) is 7. The number of hydrogen-bond acceptors (Lipinski definition) is 11. The van der Waals surface area contributed by atoms with E-state index in [0.717, 1.165) is 27.2 Å². The maximum atomic E-state index is 12.9. The van der Waals surface area contributed by atoms with Gasteiger partial charge in [0.15, 0.2) is 0 Å². The van der Waals surface area contributed by atoms with Crippen molar-refractivity contribution in [1.29, 1.82) is 0 Å². The summed E-state index contributed by atoms with van der Waals surface area (Å²) in [5.41, 5.74) is 1.26. The van der Waals surface area contributed by atoms with E-state index in [9.17, 15) is 53.7 Å². The number of carboxylic acids is 3. The lowest BCUT2D eigenvalue weighted by atomic mass is 10.1. The third-order valence-electron chi connectivity index (χ3n) is 5.10. The first-order chi connectivity index (χ1) is 20.0. The van der Waals surface area contributed by atoms with E-state index < -0.39 is 66.6 Å². The molecule has 3 atom stereocenters. The van der Waals surface area contributed by atoms with Crippen LogP contribution >= 0.6 is 21.6 Å². The smallest absolute Gasteiger partial charge is 0.327 e. The van der Waals surface area contributed by atoms with Crippen LogP contribution in [0.25, 0.3) is 0 Å². The van der Waals surface area contributed by atoms with Crippen LogP contribution < -0.4 is 21.3 Å². The lowest BCUT2D eigenvalue weighted by Gasteiger charge is -2.23. The van der Waals surface area contributed by atoms with E-state index in [2.05, 4.69) is 26.0 Å². The molecule has 16 nitrogen and oxygen atoms in total. The molecule has 42 heavy (non-hydrogen) atoms. The molecule has 4 amide bonds. The van der Waals surface area contributed by atoms with Crippen LogP contribution in [0.15, 0.2) is 24.3 Å². The van der Waals surface area contributed by atoms with E-state index in [4.69, 9.17) is 0 Å². The van der Waals surface area contributed by atoms with Crippen molar-refractivity contribution in [3.8, 4) is 0 Å². The Balaban J connectivity index is 2.88. The standard InChI is InChI=1S/C24H30N4O12S2/c29-12-25-10-15-3-1-14(2-4-15)7-19(31)26-16(8-20(32)33)22(36)27-17(9-21(34)35)23(37)28-18(24(38)39)11-42-41-6-5-40-13-30/h1-4,12-13,16-18H,5-11H2,(H,25,29)(H,26,31)(H,27,36)(H,28,37)(H,32,33)(H,34,35)(H,38,39). The molecule has 1 aromatic rings. The second-order valence-corrected chi connectivity index (χ2v) is 11.0. The summed E-state index contributed by atoms with van der Waals surface area (Å²) in [5, 5.41) is 36.8. The molecule has 0 radical (unpaired) electrons. The Hall–Kier alpha value is -4.32. The number of amides is 4. The van der Waals surface area contributed by atoms with E-state index in [-0.39, 0.29) is 31.8 Å². The molecular formula is C24H30N4O12S2. The lowest BCUT2D eigenvalue weighted by Crippen LogP contribution is -2.57. The predicted molar refractivity (Wildman–Crippen MR) is 148 cm³/mol. The number of aliphatic carboxylic acids is 3. The minimum absolute atomic E-state index is 0.0818. The van der Waals surface area contributed by atoms with Crippen LogP contribution in [0.1, 0.15) is 24.0 Å². The largest absolute Gasteiger partial charge is 0.481 e. The van der Waals surface area contributed by atoms with Gasteiger partial charge in [-0.05, 0) is 11.1 Å². The maximum absolute atomic E-state index is 12.9. The van der Waals surface area contributed by atoms with Crippen molar-refractivity contribution in [3.63, 3.8) is 0 Å². The summed E-state index contributed by atoms with van der Waals surface area (Å²) in [6.45, 7) is 0.605. The van der Waals surface area contributed by atoms with Gasteiger partial charge in [-0.1, -0.05) is 45.9 Å². The van der Waals surface area contributed by atoms with Crippen LogP contribution in [-0.2, 0) is 56.1 Å². The van der Waals surface area contributed by atoms with Crippen LogP contribution in [0.5, 0.6) is 0 Å². The molecule has 0 bridgehead atoms. The summed E-state index contributed by atoms with van der Waals surface area (Å²) < 4.78 is 4.50. The van der Waals surface area contributed by atoms with Gasteiger partial charge in [0.05, 0.1) is 19.3 Å². The predicted octanol–water partition coefficient (Wildman–Crippen LogP) is -1.48. The van der Waals surface area contributed by atoms with Crippen molar-refractivity contribution in [2.75, 3.05) is 18.1 Å². The SMILES string of the molecule is O=CNCc1ccc(CC(=O)NC(CC(=O)O)C(=O)NC(CC(=O)O)C(=O)NC(CSSCCOC=O)C(=O)O)cc1. The highest BCUT2D eigenvalue weighted by Gasteiger charge is 2.32. The first-order valence-electron chi connectivity index (χ1n) is 12.1. The van der Waals surface area contributed by atoms with Gasteiger partial charge in [0.25, 0.3) is 6.47 Å². The Kier molecular flexibility index (Phi) is 16.8. The van der Waals surface area contributed by atoms with Gasteiger partial charge < -0.3 is 41.3 Å². The van der Waals surface area contributed by atoms with Crippen LogP contribution in [-0.4, -0.2) is 100 Å². The van der Waals surface area contributed by atoms with Crippen molar-refractivity contribution >= 4 is 70.1 Å². The summed E-state index contributed by atoms with van der Waals surface area (Å²) in [5.74, 6) is -7.33. The molecule has 1 aromatic carbocycles. The van der Waals surface area contributed by atoms with E-state index in [0.29, 0.717) is 17.7 Å². The number of benzene rings is 1. The summed E-state index contributed by atoms with van der Waals surface area (Å²) in [6, 6.07) is 1.52. The summed E-state index contributed by atoms with van der Waals surface area (Å²) in [7, 11) is 2.19. The molecule has 0 spiro atoms. The van der Waals surface area contributed by atoms with E-state index >= 15 is 0 Å². The first kappa shape index (κ1) is 35.7. The highest BCUT2D eigenvalue weighted by molar-refractivity contribution is 8.76. The van der Waals surface area contributed by atoms with Crippen LogP contribution in [0.4, 0.5) is 0 Å². The zero-order chi connectivity index (χ0) is 31.5. The van der Waals surface area contributed by atoms with Gasteiger partial charge in [-0.3, -0.25) is 33.6 Å². The van der Waals surface area contributed by atoms with Crippen LogP contribution in [0.3, 0.4) is 0 Å². The number of nitrogens with one attached hydrogen (secondary N) is 4. The summed E-state index contributed by atoms with van der Waals surface area (Å²) >= 11 is 0. The first-order valence-corrected chi connectivity index (χ1v) is 14.6. The molecule has 0 aliphatic heterocycles. The molecule has 0 aliphatic rings. The Bertz CT molecular complexity index is 1120. The number of carbonyl (C=O) groups excluding carboxylic acids is 5. The average molecular weight is 631 g/mol. The summed E-state index contributed by atoms with van der Waals surface area (Å²) in [4.78, 5) is 93.0. The van der Waals surface area contributed by atoms with Gasteiger partial charge in [0.1, 0.15) is 24.7 Å². The minimum atomic E-state index is -1.80. The molecule has 0 saturated carbocycles. The molecule has 0 aromatic heterocycles. The third-order valence-corrected chi connectivity index (χ3v) is 7.48. The second kappa shape index (κ2) is 19.7. The molecular weight excluding hydrogens is 600 g/mol. The van der Waals surface area contributed by atoms with E-state index in [1.807, 2.05) is 0 Å². The van der Waals surface area contributed by atoms with Crippen LogP contribution in [0.2, 0.25) is 0 Å². The average Bonchev–Trinajstić information content (AvgIpc) is 2.92. The third kappa shape index (κ3) is 14.9. The van der Waals surface area contributed by atoms with E-state index in [1.165, 1.54) is 0 Å². The molecule has 230 valence electrons. The van der Waals surface area contributed by atoms with E-state index in [1.54, 1.807) is 24.3 Å². The quantitative estimate of drug-likeness (QED) is 0.0438. The Labute approximate surface area is 247 Å². The molecule has 0 heterocycles. The zero-order valence-corrected chi connectivity index (χ0v) is 23.6. The normalized spacial score (nSPS) is 12.5. The molecule has 0 fully saturated rings. The van der Waals surface area contributed by atoms with Gasteiger partial charge in [-0.25, -0.2) is 4.79 Å². The Morgan fingerprint density at radius 2 is 1.33 bits per heavy atom. The number of carboxylic acid groups (broad SMARTS) is 3. The van der Waals surface area contributed by atoms with Crippen molar-refractivity contribution in [2.24, 2.45) is 0 Å². The monoisotopic (exact) mass is 630 g/mol. The fourth-order valence-electron chi connectivity index (χ4n) is 3.16. The van der Waals surface area contributed by atoms with Gasteiger partial charge >= 0.3 is 17.9 Å². The molecule has 3 unspecified atom stereocenters. The molecule has 7 N–H and O–H groups in total. The Morgan fingerprint density at radius 3 is 1.86 bits per heavy atom. The Morgan fingerprint density at radius 1 is 0.786 bits per heavy atom. The fourth-order valence-corrected chi connectivity index (χ4v) is 5.15. The molecule has 1 rings (SSSR count). The molecule has 18 heteroatoms. The topological polar surface area (TPSA) is 255 Å². The molecule has 0 saturated heterocycles. The van der Waals surface area contributed by atoms with Crippen molar-refractivity contribution in [2.45, 2.75) is 43.9 Å². The number of carbonyl (C=O) groups is 8. The maximum Gasteiger partial charge on any atom is 0.327 e. The lowest BCUT2D eigenvalue weighted by molar-refractivity contribution is -0.144. The van der Waals surface area contributed by atoms with Crippen molar-refractivity contribution in [3.05, 3.63) is 35.4 Å². The highest BCUT2D eigenvalue weighted by Crippen LogP contribution is 2.21.